The molecule has 0 bridgehead atoms. The minimum Gasteiger partial charge on any atom is -0.352 e. The first-order valence-corrected chi connectivity index (χ1v) is 9.49. The molecule has 0 aliphatic carbocycles. The van der Waals surface area contributed by atoms with E-state index in [0.717, 1.165) is 11.1 Å². The molecule has 0 aliphatic rings. The topological polar surface area (TPSA) is 49.4 Å². The number of halogens is 1. The number of nitrogens with one attached hydrogen (secondary N) is 1. The minimum absolute atomic E-state index is 0.0349. The molecule has 0 spiro atoms. The van der Waals surface area contributed by atoms with Gasteiger partial charge in [-0.2, -0.15) is 0 Å². The zero-order chi connectivity index (χ0) is 20.9. The van der Waals surface area contributed by atoms with Crippen LogP contribution < -0.4 is 5.32 Å². The van der Waals surface area contributed by atoms with Gasteiger partial charge in [0.2, 0.25) is 5.91 Å². The van der Waals surface area contributed by atoms with Crippen LogP contribution in [0.4, 0.5) is 4.39 Å². The molecule has 2 rings (SSSR count). The molecule has 0 aromatic heterocycles. The summed E-state index contributed by atoms with van der Waals surface area (Å²) in [5.41, 5.74) is 2.64. The summed E-state index contributed by atoms with van der Waals surface area (Å²) in [6.07, 6.45) is 0.202. The Hall–Kier alpha value is -2.69. The van der Waals surface area contributed by atoms with Crippen molar-refractivity contribution in [3.63, 3.8) is 0 Å². The van der Waals surface area contributed by atoms with Gasteiger partial charge in [0, 0.05) is 25.6 Å². The van der Waals surface area contributed by atoms with Crippen molar-refractivity contribution in [2.75, 3.05) is 13.6 Å². The monoisotopic (exact) mass is 384 g/mol. The van der Waals surface area contributed by atoms with Crippen LogP contribution in [0.25, 0.3) is 0 Å². The summed E-state index contributed by atoms with van der Waals surface area (Å²) in [5.74, 6) is -0.578. The highest BCUT2D eigenvalue weighted by Crippen LogP contribution is 2.22. The average molecular weight is 384 g/mol. The molecule has 0 saturated carbocycles. The van der Waals surface area contributed by atoms with Gasteiger partial charge < -0.3 is 10.2 Å². The Morgan fingerprint density at radius 1 is 1.04 bits per heavy atom. The Bertz CT molecular complexity index is 808. The predicted octanol–water partition coefficient (Wildman–Crippen LogP) is 4.46. The number of amides is 2. The second kappa shape index (κ2) is 9.00. The van der Waals surface area contributed by atoms with E-state index < -0.39 is 0 Å². The van der Waals surface area contributed by atoms with Crippen LogP contribution in [-0.2, 0) is 10.2 Å². The van der Waals surface area contributed by atoms with Crippen molar-refractivity contribution >= 4 is 11.8 Å². The quantitative estimate of drug-likeness (QED) is 0.799. The number of carbonyl (C=O) groups is 2. The molecule has 0 fully saturated rings. The second-order valence-electron chi connectivity index (χ2n) is 8.07. The van der Waals surface area contributed by atoms with E-state index in [1.165, 1.54) is 12.1 Å². The summed E-state index contributed by atoms with van der Waals surface area (Å²) in [7, 11) is 1.71. The van der Waals surface area contributed by atoms with Gasteiger partial charge in [0.15, 0.2) is 0 Å². The van der Waals surface area contributed by atoms with Gasteiger partial charge in [-0.05, 0) is 47.7 Å². The van der Waals surface area contributed by atoms with Gasteiger partial charge in [-0.1, -0.05) is 45.0 Å². The minimum atomic E-state index is -0.303. The molecule has 2 amide bonds. The Balaban J connectivity index is 1.85. The van der Waals surface area contributed by atoms with Crippen molar-refractivity contribution in [2.45, 2.75) is 45.6 Å². The smallest absolute Gasteiger partial charge is 0.251 e. The molecule has 28 heavy (non-hydrogen) atoms. The normalized spacial score (nSPS) is 12.4. The van der Waals surface area contributed by atoms with E-state index in [1.54, 1.807) is 36.2 Å². The van der Waals surface area contributed by atoms with Crippen LogP contribution in [0.5, 0.6) is 0 Å². The molecule has 1 N–H and O–H groups in total. The van der Waals surface area contributed by atoms with Crippen LogP contribution in [-0.4, -0.2) is 30.3 Å². The SMILES string of the molecule is CC(c1ccc(F)cc1)N(C)C(=O)CCNC(=O)c1ccc(C(C)(C)C)cc1. The Kier molecular flexibility index (Phi) is 6.95. The Morgan fingerprint density at radius 2 is 1.61 bits per heavy atom. The number of carbonyl (C=O) groups excluding carboxylic acids is 2. The lowest BCUT2D eigenvalue weighted by Crippen LogP contribution is -2.33. The maximum Gasteiger partial charge on any atom is 0.251 e. The van der Waals surface area contributed by atoms with E-state index >= 15 is 0 Å². The number of hydrogen-bond donors (Lipinski definition) is 1. The van der Waals surface area contributed by atoms with Crippen molar-refractivity contribution in [2.24, 2.45) is 0 Å². The predicted molar refractivity (Wildman–Crippen MR) is 110 cm³/mol. The fourth-order valence-corrected chi connectivity index (χ4v) is 2.86. The summed E-state index contributed by atoms with van der Waals surface area (Å²) in [6.45, 7) is 8.52. The number of rotatable bonds is 6. The van der Waals surface area contributed by atoms with E-state index in [1.807, 2.05) is 19.1 Å². The van der Waals surface area contributed by atoms with Gasteiger partial charge in [0.25, 0.3) is 5.91 Å². The van der Waals surface area contributed by atoms with Crippen molar-refractivity contribution in [3.05, 3.63) is 71.0 Å². The summed E-state index contributed by atoms with van der Waals surface area (Å²) >= 11 is 0. The van der Waals surface area contributed by atoms with E-state index in [2.05, 4.69) is 26.1 Å². The first kappa shape index (κ1) is 21.6. The van der Waals surface area contributed by atoms with Crippen LogP contribution in [0.1, 0.15) is 61.6 Å². The van der Waals surface area contributed by atoms with Gasteiger partial charge >= 0.3 is 0 Å². The molecule has 2 aromatic rings. The fourth-order valence-electron chi connectivity index (χ4n) is 2.86. The highest BCUT2D eigenvalue weighted by Gasteiger charge is 2.18. The van der Waals surface area contributed by atoms with E-state index in [-0.39, 0.29) is 42.1 Å². The molecule has 0 radical (unpaired) electrons. The molecule has 5 heteroatoms. The molecule has 1 unspecified atom stereocenters. The lowest BCUT2D eigenvalue weighted by Gasteiger charge is -2.25. The van der Waals surface area contributed by atoms with Crippen LogP contribution >= 0.6 is 0 Å². The van der Waals surface area contributed by atoms with E-state index in [4.69, 9.17) is 0 Å². The lowest BCUT2D eigenvalue weighted by atomic mass is 9.87. The van der Waals surface area contributed by atoms with Crippen molar-refractivity contribution in [1.29, 1.82) is 0 Å². The fraction of sp³-hybridized carbons (Fsp3) is 0.391. The molecule has 0 heterocycles. The zero-order valence-electron chi connectivity index (χ0n) is 17.3. The zero-order valence-corrected chi connectivity index (χ0v) is 17.3. The molecule has 4 nitrogen and oxygen atoms in total. The van der Waals surface area contributed by atoms with E-state index in [0.29, 0.717) is 5.56 Å². The van der Waals surface area contributed by atoms with Gasteiger partial charge in [0.05, 0.1) is 6.04 Å². The Morgan fingerprint density at radius 3 is 2.14 bits per heavy atom. The van der Waals surface area contributed by atoms with Crippen LogP contribution in [0.3, 0.4) is 0 Å². The molecule has 0 aliphatic heterocycles. The first-order chi connectivity index (χ1) is 13.1. The third-order valence-electron chi connectivity index (χ3n) is 4.96. The molecular formula is C23H29FN2O2. The van der Waals surface area contributed by atoms with Crippen LogP contribution in [0.2, 0.25) is 0 Å². The molecule has 0 saturated heterocycles. The van der Waals surface area contributed by atoms with Crippen LogP contribution in [0.15, 0.2) is 48.5 Å². The highest BCUT2D eigenvalue weighted by atomic mass is 19.1. The number of benzene rings is 2. The average Bonchev–Trinajstić information content (AvgIpc) is 2.66. The summed E-state index contributed by atoms with van der Waals surface area (Å²) in [4.78, 5) is 26.3. The maximum atomic E-state index is 13.1. The molecule has 150 valence electrons. The molecule has 2 aromatic carbocycles. The van der Waals surface area contributed by atoms with Crippen LogP contribution in [0, 0.1) is 5.82 Å². The van der Waals surface area contributed by atoms with Crippen molar-refractivity contribution < 1.29 is 14.0 Å². The van der Waals surface area contributed by atoms with E-state index in [9.17, 15) is 14.0 Å². The first-order valence-electron chi connectivity index (χ1n) is 9.49. The summed E-state index contributed by atoms with van der Waals surface area (Å²) in [6, 6.07) is 13.5. The second-order valence-corrected chi connectivity index (χ2v) is 8.07. The number of hydrogen-bond acceptors (Lipinski definition) is 2. The molecule has 1 atom stereocenters. The van der Waals surface area contributed by atoms with Gasteiger partial charge in [-0.25, -0.2) is 4.39 Å². The third-order valence-corrected chi connectivity index (χ3v) is 4.96. The highest BCUT2D eigenvalue weighted by molar-refractivity contribution is 5.94. The number of nitrogens with zero attached hydrogens (tertiary/aromatic N) is 1. The lowest BCUT2D eigenvalue weighted by molar-refractivity contribution is -0.131. The van der Waals surface area contributed by atoms with Crippen molar-refractivity contribution in [1.82, 2.24) is 10.2 Å². The largest absolute Gasteiger partial charge is 0.352 e. The Labute approximate surface area is 166 Å². The van der Waals surface area contributed by atoms with Gasteiger partial charge in [-0.15, -0.1) is 0 Å². The summed E-state index contributed by atoms with van der Waals surface area (Å²) < 4.78 is 13.1. The standard InChI is InChI=1S/C23H29FN2O2/c1-16(17-8-12-20(24)13-9-17)26(5)21(27)14-15-25-22(28)18-6-10-19(11-7-18)23(2,3)4/h6-13,16H,14-15H2,1-5H3,(H,25,28). The van der Waals surface area contributed by atoms with Gasteiger partial charge in [-0.3, -0.25) is 9.59 Å². The summed E-state index contributed by atoms with van der Waals surface area (Å²) in [5, 5.41) is 2.79. The van der Waals surface area contributed by atoms with Crippen molar-refractivity contribution in [3.8, 4) is 0 Å². The third kappa shape index (κ3) is 5.65. The van der Waals surface area contributed by atoms with Gasteiger partial charge in [0.1, 0.15) is 5.82 Å². The maximum absolute atomic E-state index is 13.1. The molecular weight excluding hydrogens is 355 g/mol.